The van der Waals surface area contributed by atoms with Gasteiger partial charge in [0.1, 0.15) is 16.4 Å². The van der Waals surface area contributed by atoms with Gasteiger partial charge in [-0.2, -0.15) is 9.57 Å². The van der Waals surface area contributed by atoms with Crippen LogP contribution in [0, 0.1) is 11.3 Å². The first kappa shape index (κ1) is 27.8. The number of nitrogens with zero attached hydrogens (tertiary/aromatic N) is 4. The Morgan fingerprint density at radius 2 is 1.54 bits per heavy atom. The Bertz CT molecular complexity index is 1490. The third kappa shape index (κ3) is 4.99. The molecule has 39 heavy (non-hydrogen) atoms. The third-order valence-electron chi connectivity index (χ3n) is 6.80. The van der Waals surface area contributed by atoms with Gasteiger partial charge in [-0.15, -0.1) is 0 Å². The van der Waals surface area contributed by atoms with Crippen molar-refractivity contribution in [2.75, 3.05) is 52.3 Å². The van der Waals surface area contributed by atoms with Crippen molar-refractivity contribution >= 4 is 27.6 Å². The number of hydrogen-bond acceptors (Lipinski definition) is 10. The van der Waals surface area contributed by atoms with Crippen molar-refractivity contribution in [2.24, 2.45) is 5.73 Å². The molecule has 0 saturated carbocycles. The number of carbonyl (C=O) groups excluding carboxylic acids is 2. The molecule has 0 aromatic heterocycles. The highest BCUT2D eigenvalue weighted by Gasteiger charge is 2.44. The number of carbonyl (C=O) groups is 2. The van der Waals surface area contributed by atoms with Crippen molar-refractivity contribution in [1.82, 2.24) is 9.21 Å². The van der Waals surface area contributed by atoms with Gasteiger partial charge in [-0.25, -0.2) is 18.0 Å². The summed E-state index contributed by atoms with van der Waals surface area (Å²) in [7, 11) is 0.124. The van der Waals surface area contributed by atoms with Gasteiger partial charge in [0.2, 0.25) is 10.0 Å². The second-order valence-corrected chi connectivity index (χ2v) is 10.9. The van der Waals surface area contributed by atoms with Crippen LogP contribution in [-0.4, -0.2) is 77.0 Å². The summed E-state index contributed by atoms with van der Waals surface area (Å²) in [6, 6.07) is 16.6. The quantitative estimate of drug-likeness (QED) is 0.524. The molecular formula is C27H29N5O6S. The lowest BCUT2D eigenvalue weighted by atomic mass is 9.81. The van der Waals surface area contributed by atoms with Gasteiger partial charge in [-0.3, -0.25) is 4.90 Å². The Morgan fingerprint density at radius 3 is 2.13 bits per heavy atom. The molecule has 0 bridgehead atoms. The number of nitriles is 1. The first-order chi connectivity index (χ1) is 18.7. The molecule has 4 rings (SSSR count). The number of nitrogens with two attached hydrogens (primary N) is 1. The third-order valence-corrected chi connectivity index (χ3v) is 8.74. The van der Waals surface area contributed by atoms with Crippen LogP contribution in [0.3, 0.4) is 0 Å². The molecule has 0 aliphatic carbocycles. The normalized spacial score (nSPS) is 19.0. The number of piperazine rings is 1. The number of likely N-dealkylation sites (N-methyl/N-ethyl adjacent to an activating group) is 1. The number of benzene rings is 2. The predicted octanol–water partition coefficient (Wildman–Crippen LogP) is 1.52. The first-order valence-corrected chi connectivity index (χ1v) is 13.5. The fourth-order valence-electron chi connectivity index (χ4n) is 4.79. The van der Waals surface area contributed by atoms with E-state index in [0.717, 1.165) is 19.1 Å². The minimum absolute atomic E-state index is 0.00464. The summed E-state index contributed by atoms with van der Waals surface area (Å²) in [4.78, 5) is 29.6. The van der Waals surface area contributed by atoms with E-state index < -0.39 is 27.9 Å². The van der Waals surface area contributed by atoms with Crippen molar-refractivity contribution < 1.29 is 27.5 Å². The standard InChI is InChI=1S/C27H29N5O6S/c1-30-13-15-31(16-14-30)39(35,36)21-12-8-7-11-20(21)32-24(27(34)38-3)23(26(33)37-2)22(19(17-28)25(32)29)18-9-5-4-6-10-18/h4-12,22H,13-16,29H2,1-3H3. The fourth-order valence-corrected chi connectivity index (χ4v) is 6.39. The maximum Gasteiger partial charge on any atom is 0.355 e. The fraction of sp³-hybridized carbons (Fsp3) is 0.296. The molecule has 0 spiro atoms. The SMILES string of the molecule is COC(=O)C1=C(C(=O)OC)N(c2ccccc2S(=O)(=O)N2CCN(C)CC2)C(N)=C(C#N)C1c1ccccc1. The number of methoxy groups -OCH3 is 2. The van der Waals surface area contributed by atoms with Gasteiger partial charge in [0.25, 0.3) is 0 Å². The van der Waals surface area contributed by atoms with Crippen LogP contribution in [-0.2, 0) is 29.1 Å². The van der Waals surface area contributed by atoms with E-state index in [0.29, 0.717) is 18.7 Å². The molecule has 2 aromatic rings. The molecule has 2 aliphatic heterocycles. The highest BCUT2D eigenvalue weighted by molar-refractivity contribution is 7.89. The van der Waals surface area contributed by atoms with Crippen molar-refractivity contribution in [3.63, 3.8) is 0 Å². The Balaban J connectivity index is 2.02. The Hall–Kier alpha value is -4.18. The van der Waals surface area contributed by atoms with E-state index in [4.69, 9.17) is 15.2 Å². The van der Waals surface area contributed by atoms with Crippen molar-refractivity contribution in [2.45, 2.75) is 10.8 Å². The zero-order chi connectivity index (χ0) is 28.3. The Morgan fingerprint density at radius 1 is 0.949 bits per heavy atom. The first-order valence-electron chi connectivity index (χ1n) is 12.1. The zero-order valence-corrected chi connectivity index (χ0v) is 22.6. The Labute approximate surface area is 227 Å². The predicted molar refractivity (Wildman–Crippen MR) is 142 cm³/mol. The van der Waals surface area contributed by atoms with Crippen LogP contribution >= 0.6 is 0 Å². The van der Waals surface area contributed by atoms with Crippen LogP contribution < -0.4 is 10.6 Å². The van der Waals surface area contributed by atoms with E-state index in [1.165, 1.54) is 16.4 Å². The smallest absolute Gasteiger partial charge is 0.355 e. The van der Waals surface area contributed by atoms with Crippen LogP contribution in [0.2, 0.25) is 0 Å². The summed E-state index contributed by atoms with van der Waals surface area (Å²) in [6.07, 6.45) is 0. The summed E-state index contributed by atoms with van der Waals surface area (Å²) in [6.45, 7) is 1.63. The number of allylic oxidation sites excluding steroid dienone is 1. The molecule has 1 atom stereocenters. The van der Waals surface area contributed by atoms with Crippen molar-refractivity contribution in [1.29, 1.82) is 5.26 Å². The van der Waals surface area contributed by atoms with Gasteiger partial charge in [-0.1, -0.05) is 42.5 Å². The number of esters is 2. The van der Waals surface area contributed by atoms with Gasteiger partial charge in [0, 0.05) is 26.2 Å². The van der Waals surface area contributed by atoms with Gasteiger partial charge >= 0.3 is 11.9 Å². The summed E-state index contributed by atoms with van der Waals surface area (Å²) in [5.74, 6) is -3.12. The average Bonchev–Trinajstić information content (AvgIpc) is 2.96. The molecule has 11 nitrogen and oxygen atoms in total. The van der Waals surface area contributed by atoms with Crippen LogP contribution in [0.15, 0.2) is 82.2 Å². The molecule has 1 unspecified atom stereocenters. The van der Waals surface area contributed by atoms with E-state index in [2.05, 4.69) is 6.07 Å². The number of rotatable bonds is 6. The zero-order valence-electron chi connectivity index (χ0n) is 21.8. The lowest BCUT2D eigenvalue weighted by molar-refractivity contribution is -0.139. The number of anilines is 1. The largest absolute Gasteiger partial charge is 0.466 e. The van der Waals surface area contributed by atoms with Gasteiger partial charge in [0.05, 0.1) is 43.0 Å². The van der Waals surface area contributed by atoms with Gasteiger partial charge in [-0.05, 0) is 24.7 Å². The van der Waals surface area contributed by atoms with E-state index in [1.54, 1.807) is 42.5 Å². The molecule has 2 heterocycles. The molecule has 1 fully saturated rings. The van der Waals surface area contributed by atoms with Crippen molar-refractivity contribution in [3.05, 3.63) is 82.8 Å². The molecule has 0 amide bonds. The molecule has 204 valence electrons. The topological polar surface area (TPSA) is 146 Å². The molecule has 2 aliphatic rings. The maximum atomic E-state index is 13.9. The van der Waals surface area contributed by atoms with Gasteiger partial charge < -0.3 is 20.1 Å². The minimum atomic E-state index is -4.06. The molecule has 12 heteroatoms. The van der Waals surface area contributed by atoms with E-state index >= 15 is 0 Å². The Kier molecular flexibility index (Phi) is 8.06. The van der Waals surface area contributed by atoms with Crippen molar-refractivity contribution in [3.8, 4) is 6.07 Å². The molecule has 0 radical (unpaired) electrons. The summed E-state index contributed by atoms with van der Waals surface area (Å²) in [5.41, 5.74) is 6.48. The number of ether oxygens (including phenoxy) is 2. The van der Waals surface area contributed by atoms with Crippen LogP contribution in [0.1, 0.15) is 11.5 Å². The van der Waals surface area contributed by atoms with Crippen LogP contribution in [0.5, 0.6) is 0 Å². The van der Waals surface area contributed by atoms with Crippen LogP contribution in [0.25, 0.3) is 0 Å². The van der Waals surface area contributed by atoms with E-state index in [1.807, 2.05) is 11.9 Å². The average molecular weight is 552 g/mol. The van der Waals surface area contributed by atoms with Crippen LogP contribution in [0.4, 0.5) is 5.69 Å². The maximum absolute atomic E-state index is 13.9. The molecule has 2 N–H and O–H groups in total. The minimum Gasteiger partial charge on any atom is -0.466 e. The highest BCUT2D eigenvalue weighted by Crippen LogP contribution is 2.44. The molecule has 1 saturated heterocycles. The summed E-state index contributed by atoms with van der Waals surface area (Å²) < 4.78 is 39.2. The van der Waals surface area contributed by atoms with E-state index in [-0.39, 0.29) is 46.3 Å². The number of hydrogen-bond donors (Lipinski definition) is 1. The lowest BCUT2D eigenvalue weighted by Crippen LogP contribution is -2.47. The molecule has 2 aromatic carbocycles. The number of para-hydroxylation sites is 1. The van der Waals surface area contributed by atoms with E-state index in [9.17, 15) is 23.3 Å². The highest BCUT2D eigenvalue weighted by atomic mass is 32.2. The lowest BCUT2D eigenvalue weighted by Gasteiger charge is -2.37. The number of sulfonamides is 1. The summed E-state index contributed by atoms with van der Waals surface area (Å²) in [5, 5.41) is 10.2. The monoisotopic (exact) mass is 551 g/mol. The van der Waals surface area contributed by atoms with Gasteiger partial charge in [0.15, 0.2) is 0 Å². The summed E-state index contributed by atoms with van der Waals surface area (Å²) >= 11 is 0. The molecular weight excluding hydrogens is 522 g/mol. The second-order valence-electron chi connectivity index (χ2n) is 9.01. The second kappa shape index (κ2) is 11.3.